The Balaban J connectivity index is 1.54. The Labute approximate surface area is 162 Å². The third kappa shape index (κ3) is 5.64. The largest absolute Gasteiger partial charge is 0.392 e. The average Bonchev–Trinajstić information content (AvgIpc) is 3.12. The van der Waals surface area contributed by atoms with Crippen LogP contribution in [0.2, 0.25) is 0 Å². The second kappa shape index (κ2) is 10.2. The maximum absolute atomic E-state index is 9.52. The van der Waals surface area contributed by atoms with Crippen molar-refractivity contribution in [2.75, 3.05) is 19.8 Å². The lowest BCUT2D eigenvalue weighted by atomic mass is 9.85. The highest BCUT2D eigenvalue weighted by Gasteiger charge is 2.33. The van der Waals surface area contributed by atoms with E-state index in [2.05, 4.69) is 43.0 Å². The normalized spacial score (nSPS) is 21.4. The van der Waals surface area contributed by atoms with Crippen LogP contribution in [0.5, 0.6) is 0 Å². The molecule has 27 heavy (non-hydrogen) atoms. The third-order valence-corrected chi connectivity index (χ3v) is 5.10. The molecule has 3 heteroatoms. The van der Waals surface area contributed by atoms with E-state index >= 15 is 0 Å². The van der Waals surface area contributed by atoms with Crippen molar-refractivity contribution >= 4 is 0 Å². The summed E-state index contributed by atoms with van der Waals surface area (Å²) in [5.74, 6) is 0.637. The van der Waals surface area contributed by atoms with Gasteiger partial charge in [-0.25, -0.2) is 0 Å². The molecule has 3 nitrogen and oxygen atoms in total. The van der Waals surface area contributed by atoms with Crippen LogP contribution < -0.4 is 0 Å². The fourth-order valence-corrected chi connectivity index (χ4v) is 3.54. The van der Waals surface area contributed by atoms with Crippen LogP contribution in [-0.2, 0) is 22.7 Å². The number of benzene rings is 2. The first kappa shape index (κ1) is 19.6. The summed E-state index contributed by atoms with van der Waals surface area (Å²) >= 11 is 0. The summed E-state index contributed by atoms with van der Waals surface area (Å²) in [6.45, 7) is 6.49. The van der Waals surface area contributed by atoms with Gasteiger partial charge in [0.25, 0.3) is 0 Å². The molecule has 0 aromatic heterocycles. The first-order valence-corrected chi connectivity index (χ1v) is 9.48. The van der Waals surface area contributed by atoms with Gasteiger partial charge in [-0.05, 0) is 16.7 Å². The maximum atomic E-state index is 9.52. The standard InChI is InChI=1S/C24H28O3/c1-19(14-25)23-13-12-22(17-26-15-20-8-4-2-5-9-20)24(23)18-27-16-21-10-6-3-7-11-21/h2-13,22-25H,1,14-18H2/t22-,23+,24+/m0/s1. The molecule has 0 unspecified atom stereocenters. The Morgan fingerprint density at radius 3 is 1.93 bits per heavy atom. The molecule has 0 radical (unpaired) electrons. The lowest BCUT2D eigenvalue weighted by molar-refractivity contribution is 0.0313. The van der Waals surface area contributed by atoms with Gasteiger partial charge >= 0.3 is 0 Å². The smallest absolute Gasteiger partial charge is 0.0717 e. The van der Waals surface area contributed by atoms with Crippen molar-refractivity contribution in [2.24, 2.45) is 17.8 Å². The molecular formula is C24H28O3. The van der Waals surface area contributed by atoms with Gasteiger partial charge in [-0.15, -0.1) is 0 Å². The van der Waals surface area contributed by atoms with Crippen molar-refractivity contribution in [1.29, 1.82) is 0 Å². The SMILES string of the molecule is C=C(CO)[C@H]1C=C[C@@H](COCc2ccccc2)[C@H]1COCc1ccccc1. The number of hydrogen-bond donors (Lipinski definition) is 1. The van der Waals surface area contributed by atoms with Crippen molar-refractivity contribution in [3.8, 4) is 0 Å². The third-order valence-electron chi connectivity index (χ3n) is 5.10. The molecule has 0 fully saturated rings. The van der Waals surface area contributed by atoms with Crippen LogP contribution in [0.4, 0.5) is 0 Å². The van der Waals surface area contributed by atoms with E-state index in [4.69, 9.17) is 9.47 Å². The summed E-state index contributed by atoms with van der Waals surface area (Å²) in [7, 11) is 0. The fourth-order valence-electron chi connectivity index (χ4n) is 3.54. The fraction of sp³-hybridized carbons (Fsp3) is 0.333. The van der Waals surface area contributed by atoms with Crippen LogP contribution >= 0.6 is 0 Å². The van der Waals surface area contributed by atoms with Crippen LogP contribution in [0.25, 0.3) is 0 Å². The molecule has 0 bridgehead atoms. The molecule has 0 heterocycles. The van der Waals surface area contributed by atoms with Crippen molar-refractivity contribution in [3.63, 3.8) is 0 Å². The molecule has 0 spiro atoms. The van der Waals surface area contributed by atoms with Crippen molar-refractivity contribution in [1.82, 2.24) is 0 Å². The van der Waals surface area contributed by atoms with E-state index in [0.717, 1.165) is 11.1 Å². The minimum Gasteiger partial charge on any atom is -0.392 e. The number of ether oxygens (including phenoxy) is 2. The lowest BCUT2D eigenvalue weighted by Crippen LogP contribution is -2.26. The van der Waals surface area contributed by atoms with Gasteiger partial charge in [0, 0.05) is 17.8 Å². The quantitative estimate of drug-likeness (QED) is 0.636. The summed E-state index contributed by atoms with van der Waals surface area (Å²) in [4.78, 5) is 0. The van der Waals surface area contributed by atoms with E-state index in [1.807, 2.05) is 36.4 Å². The minimum atomic E-state index is 0.00177. The predicted octanol–water partition coefficient (Wildman–Crippen LogP) is 4.39. The molecular weight excluding hydrogens is 336 g/mol. The second-order valence-electron chi connectivity index (χ2n) is 7.06. The van der Waals surface area contributed by atoms with Gasteiger partial charge in [-0.1, -0.05) is 79.4 Å². The maximum Gasteiger partial charge on any atom is 0.0717 e. The summed E-state index contributed by atoms with van der Waals surface area (Å²) < 4.78 is 12.0. The zero-order valence-corrected chi connectivity index (χ0v) is 15.7. The Morgan fingerprint density at radius 1 is 0.815 bits per heavy atom. The molecule has 1 aliphatic carbocycles. The molecule has 0 saturated heterocycles. The van der Waals surface area contributed by atoms with E-state index in [0.29, 0.717) is 26.4 Å². The van der Waals surface area contributed by atoms with Gasteiger partial charge in [-0.2, -0.15) is 0 Å². The van der Waals surface area contributed by atoms with Gasteiger partial charge in [0.2, 0.25) is 0 Å². The Hall–Kier alpha value is -2.20. The zero-order chi connectivity index (χ0) is 18.9. The molecule has 2 aromatic rings. The molecule has 0 saturated carbocycles. The van der Waals surface area contributed by atoms with E-state index in [9.17, 15) is 5.11 Å². The molecule has 3 rings (SSSR count). The Kier molecular flexibility index (Phi) is 7.40. The second-order valence-corrected chi connectivity index (χ2v) is 7.06. The number of rotatable bonds is 10. The molecule has 3 atom stereocenters. The average molecular weight is 364 g/mol. The van der Waals surface area contributed by atoms with Crippen molar-refractivity contribution in [3.05, 3.63) is 96.1 Å². The molecule has 142 valence electrons. The molecule has 0 amide bonds. The van der Waals surface area contributed by atoms with Gasteiger partial charge in [0.1, 0.15) is 0 Å². The molecule has 0 aliphatic heterocycles. The van der Waals surface area contributed by atoms with Crippen LogP contribution in [0.3, 0.4) is 0 Å². The van der Waals surface area contributed by atoms with Crippen LogP contribution in [0.15, 0.2) is 85.0 Å². The summed E-state index contributed by atoms with van der Waals surface area (Å²) in [5.41, 5.74) is 3.18. The number of aliphatic hydroxyl groups is 1. The highest BCUT2D eigenvalue weighted by Crippen LogP contribution is 2.35. The van der Waals surface area contributed by atoms with Crippen molar-refractivity contribution < 1.29 is 14.6 Å². The topological polar surface area (TPSA) is 38.7 Å². The first-order valence-electron chi connectivity index (χ1n) is 9.48. The Bertz CT molecular complexity index is 724. The summed E-state index contributed by atoms with van der Waals surface area (Å²) in [6.07, 6.45) is 4.33. The highest BCUT2D eigenvalue weighted by atomic mass is 16.5. The van der Waals surface area contributed by atoms with Gasteiger partial charge in [0.15, 0.2) is 0 Å². The van der Waals surface area contributed by atoms with Crippen LogP contribution in [0.1, 0.15) is 11.1 Å². The highest BCUT2D eigenvalue weighted by molar-refractivity contribution is 5.20. The molecule has 2 aromatic carbocycles. The van der Waals surface area contributed by atoms with Crippen LogP contribution in [-0.4, -0.2) is 24.9 Å². The van der Waals surface area contributed by atoms with E-state index in [1.54, 1.807) is 0 Å². The minimum absolute atomic E-state index is 0.00177. The molecule has 1 aliphatic rings. The van der Waals surface area contributed by atoms with E-state index in [-0.39, 0.29) is 24.4 Å². The monoisotopic (exact) mass is 364 g/mol. The number of aliphatic hydroxyl groups excluding tert-OH is 1. The Morgan fingerprint density at radius 2 is 1.37 bits per heavy atom. The number of hydrogen-bond acceptors (Lipinski definition) is 3. The van der Waals surface area contributed by atoms with E-state index < -0.39 is 0 Å². The zero-order valence-electron chi connectivity index (χ0n) is 15.7. The first-order chi connectivity index (χ1) is 13.3. The van der Waals surface area contributed by atoms with Gasteiger partial charge in [0.05, 0.1) is 33.0 Å². The van der Waals surface area contributed by atoms with E-state index in [1.165, 1.54) is 5.56 Å². The number of allylic oxidation sites excluding steroid dienone is 1. The predicted molar refractivity (Wildman–Crippen MR) is 108 cm³/mol. The molecule has 1 N–H and O–H groups in total. The van der Waals surface area contributed by atoms with Crippen molar-refractivity contribution in [2.45, 2.75) is 13.2 Å². The van der Waals surface area contributed by atoms with Gasteiger partial charge < -0.3 is 14.6 Å². The summed E-state index contributed by atoms with van der Waals surface area (Å²) in [6, 6.07) is 20.4. The summed E-state index contributed by atoms with van der Waals surface area (Å²) in [5, 5.41) is 9.52. The van der Waals surface area contributed by atoms with Crippen LogP contribution in [0, 0.1) is 17.8 Å². The lowest BCUT2D eigenvalue weighted by Gasteiger charge is -2.26. The van der Waals surface area contributed by atoms with Gasteiger partial charge in [-0.3, -0.25) is 0 Å².